The molecule has 9 nitrogen and oxygen atoms in total. The molecule has 13 heteroatoms. The molecular formula is C33H36F4N6O3. The zero-order valence-corrected chi connectivity index (χ0v) is 25.7. The van der Waals surface area contributed by atoms with Crippen LogP contribution in [0.4, 0.5) is 28.9 Å². The number of nitrogens with zero attached hydrogens (tertiary/aromatic N) is 5. The number of fused-ring (bicyclic) bond motifs is 1. The number of piperazine rings is 1. The summed E-state index contributed by atoms with van der Waals surface area (Å²) in [5.41, 5.74) is 2.49. The van der Waals surface area contributed by atoms with Crippen molar-refractivity contribution in [2.75, 3.05) is 69.8 Å². The molecule has 2 N–H and O–H groups in total. The van der Waals surface area contributed by atoms with Gasteiger partial charge in [-0.2, -0.15) is 13.2 Å². The lowest BCUT2D eigenvalue weighted by atomic mass is 9.69. The van der Waals surface area contributed by atoms with Gasteiger partial charge >= 0.3 is 12.1 Å². The van der Waals surface area contributed by atoms with Crippen molar-refractivity contribution in [2.24, 2.45) is 5.41 Å². The normalized spacial score (nSPS) is 16.9. The molecule has 0 unspecified atom stereocenters. The number of anilines is 2. The van der Waals surface area contributed by atoms with Crippen LogP contribution in [0.2, 0.25) is 0 Å². The van der Waals surface area contributed by atoms with Crippen molar-refractivity contribution in [3.63, 3.8) is 0 Å². The molecule has 0 bridgehead atoms. The molecular weight excluding hydrogens is 604 g/mol. The van der Waals surface area contributed by atoms with Crippen LogP contribution in [0.1, 0.15) is 24.8 Å². The lowest BCUT2D eigenvalue weighted by molar-refractivity contribution is -0.139. The van der Waals surface area contributed by atoms with Gasteiger partial charge in [-0.3, -0.25) is 9.69 Å². The first-order valence-corrected chi connectivity index (χ1v) is 15.2. The average Bonchev–Trinajstić information content (AvgIpc) is 3.43. The summed E-state index contributed by atoms with van der Waals surface area (Å²) in [6.45, 7) is 4.00. The Balaban J connectivity index is 1.34. The molecule has 1 aliphatic carbocycles. The van der Waals surface area contributed by atoms with E-state index in [1.807, 2.05) is 41.1 Å². The summed E-state index contributed by atoms with van der Waals surface area (Å²) in [6, 6.07) is 12.0. The van der Waals surface area contributed by atoms with E-state index in [2.05, 4.69) is 14.9 Å². The Morgan fingerprint density at radius 3 is 2.37 bits per heavy atom. The summed E-state index contributed by atoms with van der Waals surface area (Å²) in [5.74, 6) is -1.29. The maximum absolute atomic E-state index is 14.4. The number of benzene rings is 2. The van der Waals surface area contributed by atoms with Crippen molar-refractivity contribution in [3.05, 3.63) is 59.9 Å². The molecule has 4 aromatic rings. The first kappa shape index (κ1) is 31.7. The average molecular weight is 641 g/mol. The SMILES string of the molecule is COCC1(CN(C)c2cc(-c3cc(F)cc(C(F)(F)F)c3)nc3nc(-c4ccc(N5CCN(CC(=O)O)CC5)cc4)[nH]c23)CCC1. The number of halogens is 4. The van der Waals surface area contributed by atoms with Gasteiger partial charge in [0.05, 0.1) is 30.1 Å². The van der Waals surface area contributed by atoms with Gasteiger partial charge in [0.2, 0.25) is 0 Å². The summed E-state index contributed by atoms with van der Waals surface area (Å²) in [6.07, 6.45) is -1.62. The van der Waals surface area contributed by atoms with Gasteiger partial charge in [0.25, 0.3) is 0 Å². The summed E-state index contributed by atoms with van der Waals surface area (Å²) in [7, 11) is 3.60. The van der Waals surface area contributed by atoms with Crippen LogP contribution in [-0.2, 0) is 15.7 Å². The highest BCUT2D eigenvalue weighted by molar-refractivity contribution is 5.91. The topological polar surface area (TPSA) is 97.8 Å². The number of carboxylic acids is 1. The van der Waals surface area contributed by atoms with E-state index < -0.39 is 23.5 Å². The number of carbonyl (C=O) groups is 1. The van der Waals surface area contributed by atoms with E-state index in [1.165, 1.54) is 0 Å². The highest BCUT2D eigenvalue weighted by atomic mass is 19.4. The number of aliphatic carboxylic acids is 1. The Bertz CT molecular complexity index is 1710. The van der Waals surface area contributed by atoms with Gasteiger partial charge in [-0.25, -0.2) is 14.4 Å². The third-order valence-electron chi connectivity index (χ3n) is 9.05. The number of hydrogen-bond acceptors (Lipinski definition) is 7. The molecule has 1 aliphatic heterocycles. The van der Waals surface area contributed by atoms with Crippen LogP contribution in [-0.4, -0.2) is 91.0 Å². The van der Waals surface area contributed by atoms with Crippen molar-refractivity contribution in [2.45, 2.75) is 25.4 Å². The fourth-order valence-electron chi connectivity index (χ4n) is 6.56. The van der Waals surface area contributed by atoms with Gasteiger partial charge < -0.3 is 24.6 Å². The number of methoxy groups -OCH3 is 1. The number of aromatic nitrogens is 3. The molecule has 0 radical (unpaired) electrons. The van der Waals surface area contributed by atoms with Crippen LogP contribution in [0.25, 0.3) is 33.8 Å². The zero-order chi connectivity index (χ0) is 32.6. The molecule has 0 spiro atoms. The van der Waals surface area contributed by atoms with Gasteiger partial charge in [0.15, 0.2) is 5.65 Å². The van der Waals surface area contributed by atoms with Crippen LogP contribution in [0, 0.1) is 11.2 Å². The summed E-state index contributed by atoms with van der Waals surface area (Å²) >= 11 is 0. The second-order valence-corrected chi connectivity index (χ2v) is 12.4. The van der Waals surface area contributed by atoms with E-state index in [9.17, 15) is 22.4 Å². The Kier molecular flexibility index (Phi) is 8.64. The maximum atomic E-state index is 14.4. The van der Waals surface area contributed by atoms with Crippen LogP contribution >= 0.6 is 0 Å². The number of ether oxygens (including phenoxy) is 1. The molecule has 2 fully saturated rings. The van der Waals surface area contributed by atoms with E-state index in [-0.39, 0.29) is 23.2 Å². The highest BCUT2D eigenvalue weighted by Crippen LogP contribution is 2.43. The fraction of sp³-hybridized carbons (Fsp3) is 0.424. The van der Waals surface area contributed by atoms with Crippen LogP contribution in [0.15, 0.2) is 48.5 Å². The lowest BCUT2D eigenvalue weighted by Crippen LogP contribution is -2.47. The van der Waals surface area contributed by atoms with Crippen LogP contribution in [0.3, 0.4) is 0 Å². The summed E-state index contributed by atoms with van der Waals surface area (Å²) < 4.78 is 60.7. The van der Waals surface area contributed by atoms with Crippen molar-refractivity contribution >= 4 is 28.5 Å². The molecule has 1 saturated carbocycles. The molecule has 0 atom stereocenters. The lowest BCUT2D eigenvalue weighted by Gasteiger charge is -2.44. The summed E-state index contributed by atoms with van der Waals surface area (Å²) in [4.78, 5) is 29.9. The minimum atomic E-state index is -4.71. The van der Waals surface area contributed by atoms with E-state index in [0.29, 0.717) is 68.1 Å². The number of hydrogen-bond donors (Lipinski definition) is 2. The first-order valence-electron chi connectivity index (χ1n) is 15.2. The van der Waals surface area contributed by atoms with Crippen molar-refractivity contribution in [1.29, 1.82) is 0 Å². The van der Waals surface area contributed by atoms with Gasteiger partial charge in [-0.05, 0) is 61.4 Å². The molecule has 46 heavy (non-hydrogen) atoms. The molecule has 6 rings (SSSR count). The molecule has 2 aromatic carbocycles. The standard InChI is InChI=1S/C33H36F4N6O3/c1-41(19-32(20-46-2)8-3-9-32)27-17-26(22-14-23(33(35,36)37)16-24(34)15-22)38-31-29(27)39-30(40-31)21-4-6-25(7-5-21)43-12-10-42(11-13-43)18-28(44)45/h4-7,14-17H,3,8-13,18-20H2,1-2H3,(H,44,45)(H,38,39,40). The van der Waals surface area contributed by atoms with Gasteiger partial charge in [-0.15, -0.1) is 0 Å². The number of H-pyrrole nitrogens is 1. The number of imidazole rings is 1. The van der Waals surface area contributed by atoms with Crippen molar-refractivity contribution in [1.82, 2.24) is 19.9 Å². The van der Waals surface area contributed by atoms with E-state index in [0.717, 1.165) is 42.6 Å². The first-order chi connectivity index (χ1) is 21.9. The van der Waals surface area contributed by atoms with Crippen molar-refractivity contribution < 1.29 is 32.2 Å². The second-order valence-electron chi connectivity index (χ2n) is 12.4. The number of alkyl halides is 3. The summed E-state index contributed by atoms with van der Waals surface area (Å²) in [5, 5.41) is 9.06. The number of aromatic amines is 1. The molecule has 2 aromatic heterocycles. The predicted molar refractivity (Wildman–Crippen MR) is 167 cm³/mol. The molecule has 2 aliphatic rings. The van der Waals surface area contributed by atoms with Gasteiger partial charge in [0.1, 0.15) is 17.2 Å². The van der Waals surface area contributed by atoms with E-state index in [4.69, 9.17) is 14.8 Å². The quantitative estimate of drug-likeness (QED) is 0.207. The zero-order valence-electron chi connectivity index (χ0n) is 25.7. The number of nitrogens with one attached hydrogen (secondary N) is 1. The maximum Gasteiger partial charge on any atom is 0.416 e. The Labute approximate surface area is 263 Å². The Morgan fingerprint density at radius 2 is 1.76 bits per heavy atom. The van der Waals surface area contributed by atoms with E-state index >= 15 is 0 Å². The van der Waals surface area contributed by atoms with Crippen LogP contribution in [0.5, 0.6) is 0 Å². The minimum absolute atomic E-state index is 0.0106. The molecule has 0 amide bonds. The van der Waals surface area contributed by atoms with Gasteiger partial charge in [-0.1, -0.05) is 6.42 Å². The molecule has 244 valence electrons. The second kappa shape index (κ2) is 12.5. The fourth-order valence-corrected chi connectivity index (χ4v) is 6.56. The van der Waals surface area contributed by atoms with Gasteiger partial charge in [0, 0.05) is 69.1 Å². The third kappa shape index (κ3) is 6.66. The smallest absolute Gasteiger partial charge is 0.416 e. The highest BCUT2D eigenvalue weighted by Gasteiger charge is 2.38. The number of rotatable bonds is 10. The molecule has 3 heterocycles. The number of carboxylic acid groups (broad SMARTS) is 1. The van der Waals surface area contributed by atoms with Crippen LogP contribution < -0.4 is 9.80 Å². The Hall–Kier alpha value is -4.23. The largest absolute Gasteiger partial charge is 0.480 e. The Morgan fingerprint density at radius 1 is 1.04 bits per heavy atom. The monoisotopic (exact) mass is 640 g/mol. The molecule has 1 saturated heterocycles. The predicted octanol–water partition coefficient (Wildman–Crippen LogP) is 5.91. The van der Waals surface area contributed by atoms with E-state index in [1.54, 1.807) is 13.2 Å². The number of pyridine rings is 1. The minimum Gasteiger partial charge on any atom is -0.480 e. The van der Waals surface area contributed by atoms with Crippen molar-refractivity contribution in [3.8, 4) is 22.6 Å². The third-order valence-corrected chi connectivity index (χ3v) is 9.05.